The lowest BCUT2D eigenvalue weighted by molar-refractivity contribution is 0.0574. The third kappa shape index (κ3) is 3.83. The van der Waals surface area contributed by atoms with Crippen LogP contribution in [0.2, 0.25) is 10.0 Å². The van der Waals surface area contributed by atoms with E-state index in [1.807, 2.05) is 12.1 Å². The fourth-order valence-corrected chi connectivity index (χ4v) is 2.09. The first-order valence-electron chi connectivity index (χ1n) is 5.71. The zero-order valence-electron chi connectivity index (χ0n) is 10.3. The monoisotopic (exact) mass is 297 g/mol. The van der Waals surface area contributed by atoms with E-state index in [1.54, 1.807) is 37.7 Å². The molecule has 19 heavy (non-hydrogen) atoms. The average Bonchev–Trinajstić information content (AvgIpc) is 2.43. The number of halogens is 2. The minimum absolute atomic E-state index is 0.194. The highest BCUT2D eigenvalue weighted by Gasteiger charge is 2.12. The van der Waals surface area contributed by atoms with Crippen LogP contribution in [0.3, 0.4) is 0 Å². The largest absolute Gasteiger partial charge is 0.489 e. The van der Waals surface area contributed by atoms with Crippen molar-refractivity contribution in [2.24, 2.45) is 0 Å². The Hall–Kier alpha value is -1.29. The summed E-state index contributed by atoms with van der Waals surface area (Å²) >= 11 is 11.9. The summed E-state index contributed by atoms with van der Waals surface area (Å²) in [5.41, 5.74) is 0.954. The molecule has 0 aliphatic carbocycles. The van der Waals surface area contributed by atoms with Gasteiger partial charge in [0.2, 0.25) is 0 Å². The van der Waals surface area contributed by atoms with Crippen molar-refractivity contribution in [2.75, 3.05) is 13.7 Å². The molecule has 0 amide bonds. The van der Waals surface area contributed by atoms with Crippen LogP contribution in [0.5, 0.6) is 5.75 Å². The zero-order chi connectivity index (χ0) is 13.7. The molecular formula is C14H13Cl2NO2. The van der Waals surface area contributed by atoms with Gasteiger partial charge in [-0.2, -0.15) is 0 Å². The molecule has 5 heteroatoms. The summed E-state index contributed by atoms with van der Waals surface area (Å²) in [4.78, 5) is 4.06. The number of aromatic nitrogens is 1. The third-order valence-electron chi connectivity index (χ3n) is 2.62. The lowest BCUT2D eigenvalue weighted by Gasteiger charge is -2.16. The molecule has 0 N–H and O–H groups in total. The van der Waals surface area contributed by atoms with Crippen LogP contribution in [-0.2, 0) is 4.74 Å². The summed E-state index contributed by atoms with van der Waals surface area (Å²) < 4.78 is 11.0. The Balaban J connectivity index is 2.04. The molecule has 1 atom stereocenters. The summed E-state index contributed by atoms with van der Waals surface area (Å²) in [6.45, 7) is 0.351. The molecule has 1 heterocycles. The van der Waals surface area contributed by atoms with Gasteiger partial charge < -0.3 is 9.47 Å². The van der Waals surface area contributed by atoms with E-state index < -0.39 is 0 Å². The number of hydrogen-bond acceptors (Lipinski definition) is 3. The third-order valence-corrected chi connectivity index (χ3v) is 3.16. The lowest BCUT2D eigenvalue weighted by Crippen LogP contribution is -2.12. The van der Waals surface area contributed by atoms with Crippen LogP contribution in [-0.4, -0.2) is 18.7 Å². The van der Waals surface area contributed by atoms with E-state index in [1.165, 1.54) is 0 Å². The van der Waals surface area contributed by atoms with Gasteiger partial charge in [-0.15, -0.1) is 0 Å². The van der Waals surface area contributed by atoms with Crippen molar-refractivity contribution < 1.29 is 9.47 Å². The van der Waals surface area contributed by atoms with Gasteiger partial charge in [-0.3, -0.25) is 4.98 Å². The average molecular weight is 298 g/mol. The summed E-state index contributed by atoms with van der Waals surface area (Å²) in [5, 5.41) is 1.06. The Kier molecular flexibility index (Phi) is 5.02. The van der Waals surface area contributed by atoms with Gasteiger partial charge in [0.15, 0.2) is 0 Å². The second-order valence-electron chi connectivity index (χ2n) is 3.90. The van der Waals surface area contributed by atoms with Crippen LogP contribution in [0, 0.1) is 0 Å². The fourth-order valence-electron chi connectivity index (χ4n) is 1.62. The van der Waals surface area contributed by atoms with Crippen molar-refractivity contribution in [1.29, 1.82) is 0 Å². The van der Waals surface area contributed by atoms with Crippen LogP contribution >= 0.6 is 23.2 Å². The highest BCUT2D eigenvalue weighted by Crippen LogP contribution is 2.28. The molecule has 0 saturated heterocycles. The lowest BCUT2D eigenvalue weighted by atomic mass is 10.2. The van der Waals surface area contributed by atoms with Crippen molar-refractivity contribution in [3.8, 4) is 5.75 Å². The van der Waals surface area contributed by atoms with E-state index in [0.717, 1.165) is 5.56 Å². The number of rotatable bonds is 5. The Bertz CT molecular complexity index is 534. The molecule has 0 radical (unpaired) electrons. The molecule has 0 aliphatic heterocycles. The minimum Gasteiger partial charge on any atom is -0.489 e. The highest BCUT2D eigenvalue weighted by molar-refractivity contribution is 6.35. The van der Waals surface area contributed by atoms with Crippen molar-refractivity contribution >= 4 is 23.2 Å². The molecule has 2 aromatic rings. The maximum absolute atomic E-state index is 6.04. The molecule has 1 aromatic heterocycles. The van der Waals surface area contributed by atoms with E-state index in [9.17, 15) is 0 Å². The van der Waals surface area contributed by atoms with E-state index in [4.69, 9.17) is 32.7 Å². The van der Waals surface area contributed by atoms with Gasteiger partial charge in [-0.05, 0) is 24.3 Å². The smallest absolute Gasteiger partial charge is 0.138 e. The normalized spacial score (nSPS) is 12.2. The number of methoxy groups -OCH3 is 1. The Morgan fingerprint density at radius 3 is 2.74 bits per heavy atom. The van der Waals surface area contributed by atoms with E-state index >= 15 is 0 Å². The predicted molar refractivity (Wildman–Crippen MR) is 75.9 cm³/mol. The summed E-state index contributed by atoms with van der Waals surface area (Å²) in [7, 11) is 1.63. The Morgan fingerprint density at radius 2 is 2.11 bits per heavy atom. The van der Waals surface area contributed by atoms with E-state index in [2.05, 4.69) is 4.98 Å². The number of pyridine rings is 1. The summed E-state index contributed by atoms with van der Waals surface area (Å²) in [6.07, 6.45) is 3.27. The molecule has 1 unspecified atom stereocenters. The molecule has 0 aliphatic rings. The maximum Gasteiger partial charge on any atom is 0.138 e. The molecule has 0 fully saturated rings. The van der Waals surface area contributed by atoms with Crippen LogP contribution in [0.25, 0.3) is 0 Å². The van der Waals surface area contributed by atoms with Gasteiger partial charge in [0.25, 0.3) is 0 Å². The highest BCUT2D eigenvalue weighted by atomic mass is 35.5. The molecular weight excluding hydrogens is 285 g/mol. The van der Waals surface area contributed by atoms with Gasteiger partial charge in [-0.25, -0.2) is 0 Å². The first-order valence-corrected chi connectivity index (χ1v) is 6.47. The standard InChI is InChI=1S/C14H13Cl2NO2/c1-18-14(10-3-2-6-17-8-10)9-19-13-5-4-11(15)7-12(13)16/h2-8,14H,9H2,1H3. The van der Waals surface area contributed by atoms with Gasteiger partial charge in [0.05, 0.1) is 5.02 Å². The van der Waals surface area contributed by atoms with E-state index in [0.29, 0.717) is 22.4 Å². The number of nitrogens with zero attached hydrogens (tertiary/aromatic N) is 1. The SMILES string of the molecule is COC(COc1ccc(Cl)cc1Cl)c1cccnc1. The van der Waals surface area contributed by atoms with Crippen LogP contribution < -0.4 is 4.74 Å². The molecule has 3 nitrogen and oxygen atoms in total. The topological polar surface area (TPSA) is 31.4 Å². The maximum atomic E-state index is 6.04. The van der Waals surface area contributed by atoms with Gasteiger partial charge in [0, 0.05) is 30.1 Å². The number of ether oxygens (including phenoxy) is 2. The van der Waals surface area contributed by atoms with Crippen molar-refractivity contribution in [2.45, 2.75) is 6.10 Å². The van der Waals surface area contributed by atoms with E-state index in [-0.39, 0.29) is 6.10 Å². The van der Waals surface area contributed by atoms with Crippen molar-refractivity contribution in [3.05, 3.63) is 58.3 Å². The fraction of sp³-hybridized carbons (Fsp3) is 0.214. The molecule has 0 spiro atoms. The van der Waals surface area contributed by atoms with Gasteiger partial charge in [-0.1, -0.05) is 29.3 Å². The van der Waals surface area contributed by atoms with Crippen LogP contribution in [0.1, 0.15) is 11.7 Å². The molecule has 100 valence electrons. The molecule has 1 aromatic carbocycles. The number of hydrogen-bond donors (Lipinski definition) is 0. The Morgan fingerprint density at radius 1 is 1.26 bits per heavy atom. The van der Waals surface area contributed by atoms with Crippen LogP contribution in [0.4, 0.5) is 0 Å². The molecule has 2 rings (SSSR count). The first-order chi connectivity index (χ1) is 9.20. The van der Waals surface area contributed by atoms with Crippen LogP contribution in [0.15, 0.2) is 42.7 Å². The summed E-state index contributed by atoms with van der Waals surface area (Å²) in [5.74, 6) is 0.581. The second kappa shape index (κ2) is 6.75. The van der Waals surface area contributed by atoms with Crippen molar-refractivity contribution in [1.82, 2.24) is 4.98 Å². The second-order valence-corrected chi connectivity index (χ2v) is 4.74. The molecule has 0 saturated carbocycles. The molecule has 0 bridgehead atoms. The Labute approximate surface area is 122 Å². The summed E-state index contributed by atoms with van der Waals surface area (Å²) in [6, 6.07) is 8.91. The van der Waals surface area contributed by atoms with Gasteiger partial charge in [0.1, 0.15) is 18.5 Å². The van der Waals surface area contributed by atoms with Crippen molar-refractivity contribution in [3.63, 3.8) is 0 Å². The zero-order valence-corrected chi connectivity index (χ0v) is 11.9. The van der Waals surface area contributed by atoms with Gasteiger partial charge >= 0.3 is 0 Å². The predicted octanol–water partition coefficient (Wildman–Crippen LogP) is 4.15. The number of benzene rings is 1. The first kappa shape index (κ1) is 14.1. The quantitative estimate of drug-likeness (QED) is 0.830. The minimum atomic E-state index is -0.194.